The molecular weight excluding hydrogens is 210 g/mol. The minimum atomic E-state index is 0.0367. The van der Waals surface area contributed by atoms with Gasteiger partial charge in [0.25, 0.3) is 0 Å². The molecule has 1 aromatic rings. The molecule has 0 radical (unpaired) electrons. The van der Waals surface area contributed by atoms with Crippen molar-refractivity contribution in [1.82, 2.24) is 15.3 Å². The zero-order valence-corrected chi connectivity index (χ0v) is 11.4. The fourth-order valence-electron chi connectivity index (χ4n) is 2.22. The second kappa shape index (κ2) is 4.73. The van der Waals surface area contributed by atoms with Gasteiger partial charge in [0.1, 0.15) is 5.82 Å². The Balaban J connectivity index is 2.48. The van der Waals surface area contributed by atoms with Crippen LogP contribution < -0.4 is 5.32 Å². The molecular formula is C14H23N3. The third-order valence-corrected chi connectivity index (χ3v) is 3.18. The summed E-state index contributed by atoms with van der Waals surface area (Å²) in [5, 5.41) is 3.40. The van der Waals surface area contributed by atoms with Crippen molar-refractivity contribution in [3.05, 3.63) is 22.8 Å². The minimum Gasteiger partial charge on any atom is -0.311 e. The van der Waals surface area contributed by atoms with Gasteiger partial charge in [0.2, 0.25) is 0 Å². The van der Waals surface area contributed by atoms with E-state index in [1.165, 1.54) is 17.0 Å². The first-order valence-corrected chi connectivity index (χ1v) is 6.62. The van der Waals surface area contributed by atoms with E-state index in [1.54, 1.807) is 0 Å². The Hall–Kier alpha value is -0.960. The van der Waals surface area contributed by atoms with Crippen LogP contribution in [0.5, 0.6) is 0 Å². The third kappa shape index (κ3) is 2.65. The van der Waals surface area contributed by atoms with Crippen molar-refractivity contribution in [3.63, 3.8) is 0 Å². The molecule has 17 heavy (non-hydrogen) atoms. The average Bonchev–Trinajstić information content (AvgIpc) is 2.28. The summed E-state index contributed by atoms with van der Waals surface area (Å²) in [5.41, 5.74) is 3.94. The monoisotopic (exact) mass is 233 g/mol. The van der Waals surface area contributed by atoms with Crippen LogP contribution in [0.25, 0.3) is 0 Å². The summed E-state index contributed by atoms with van der Waals surface area (Å²) < 4.78 is 0. The normalized spacial score (nSPS) is 15.8. The number of aryl methyl sites for hydroxylation is 1. The van der Waals surface area contributed by atoms with Gasteiger partial charge in [-0.1, -0.05) is 34.1 Å². The molecule has 0 saturated heterocycles. The van der Waals surface area contributed by atoms with E-state index < -0.39 is 0 Å². The first-order chi connectivity index (χ1) is 8.02. The highest BCUT2D eigenvalue weighted by Crippen LogP contribution is 2.23. The van der Waals surface area contributed by atoms with Gasteiger partial charge < -0.3 is 5.32 Å². The first-order valence-electron chi connectivity index (χ1n) is 6.62. The molecule has 94 valence electrons. The van der Waals surface area contributed by atoms with Crippen LogP contribution in [0.2, 0.25) is 0 Å². The summed E-state index contributed by atoms with van der Waals surface area (Å²) in [6, 6.07) is 0. The van der Waals surface area contributed by atoms with Crippen molar-refractivity contribution in [1.29, 1.82) is 0 Å². The number of hydrogen-bond donors (Lipinski definition) is 1. The number of hydrogen-bond acceptors (Lipinski definition) is 3. The van der Waals surface area contributed by atoms with Crippen molar-refractivity contribution in [2.45, 2.75) is 58.9 Å². The molecule has 0 fully saturated rings. The number of nitrogens with one attached hydrogen (secondary N) is 1. The smallest absolute Gasteiger partial charge is 0.134 e. The zero-order valence-electron chi connectivity index (χ0n) is 11.4. The quantitative estimate of drug-likeness (QED) is 0.852. The lowest BCUT2D eigenvalue weighted by Crippen LogP contribution is -2.29. The molecule has 2 rings (SSSR count). The SMILES string of the molecule is CCCc1nc(C(C)(C)C)nc2c1CCNC2. The highest BCUT2D eigenvalue weighted by molar-refractivity contribution is 5.29. The second-order valence-electron chi connectivity index (χ2n) is 5.85. The first kappa shape index (κ1) is 12.5. The summed E-state index contributed by atoms with van der Waals surface area (Å²) >= 11 is 0. The van der Waals surface area contributed by atoms with E-state index in [-0.39, 0.29) is 5.41 Å². The van der Waals surface area contributed by atoms with Gasteiger partial charge in [-0.05, 0) is 24.9 Å². The van der Waals surface area contributed by atoms with Gasteiger partial charge in [0, 0.05) is 17.7 Å². The van der Waals surface area contributed by atoms with E-state index in [9.17, 15) is 0 Å². The van der Waals surface area contributed by atoms with Gasteiger partial charge in [-0.2, -0.15) is 0 Å². The van der Waals surface area contributed by atoms with Crippen LogP contribution in [0.1, 0.15) is 56.9 Å². The maximum absolute atomic E-state index is 4.81. The van der Waals surface area contributed by atoms with E-state index >= 15 is 0 Å². The van der Waals surface area contributed by atoms with Gasteiger partial charge in [0.15, 0.2) is 0 Å². The van der Waals surface area contributed by atoms with Gasteiger partial charge >= 0.3 is 0 Å². The van der Waals surface area contributed by atoms with Crippen LogP contribution in [-0.2, 0) is 24.8 Å². The molecule has 0 saturated carbocycles. The zero-order chi connectivity index (χ0) is 12.5. The van der Waals surface area contributed by atoms with Crippen LogP contribution in [0.15, 0.2) is 0 Å². The lowest BCUT2D eigenvalue weighted by Gasteiger charge is -2.24. The van der Waals surface area contributed by atoms with Crippen LogP contribution in [0.3, 0.4) is 0 Å². The molecule has 1 aromatic heterocycles. The van der Waals surface area contributed by atoms with Crippen molar-refractivity contribution in [2.24, 2.45) is 0 Å². The highest BCUT2D eigenvalue weighted by atomic mass is 15.0. The molecule has 1 N–H and O–H groups in total. The lowest BCUT2D eigenvalue weighted by molar-refractivity contribution is 0.521. The summed E-state index contributed by atoms with van der Waals surface area (Å²) in [4.78, 5) is 9.56. The topological polar surface area (TPSA) is 37.8 Å². The maximum atomic E-state index is 4.81. The Morgan fingerprint density at radius 3 is 2.65 bits per heavy atom. The molecule has 1 aliphatic rings. The molecule has 0 aromatic carbocycles. The number of rotatable bonds is 2. The van der Waals surface area contributed by atoms with Gasteiger partial charge in [-0.3, -0.25) is 0 Å². The van der Waals surface area contributed by atoms with Crippen molar-refractivity contribution in [3.8, 4) is 0 Å². The Kier molecular flexibility index (Phi) is 3.48. The Morgan fingerprint density at radius 2 is 2.00 bits per heavy atom. The molecule has 0 spiro atoms. The van der Waals surface area contributed by atoms with Gasteiger partial charge in [-0.25, -0.2) is 9.97 Å². The standard InChI is InChI=1S/C14H23N3/c1-5-6-11-10-7-8-15-9-12(10)17-13(16-11)14(2,3)4/h15H,5-9H2,1-4H3. The Labute approximate surface area is 104 Å². The Bertz CT molecular complexity index is 405. The molecule has 2 heterocycles. The van der Waals surface area contributed by atoms with Crippen LogP contribution in [-0.4, -0.2) is 16.5 Å². The number of nitrogens with zero attached hydrogens (tertiary/aromatic N) is 2. The maximum Gasteiger partial charge on any atom is 0.134 e. The van der Waals surface area contributed by atoms with Crippen molar-refractivity contribution < 1.29 is 0 Å². The predicted molar refractivity (Wildman–Crippen MR) is 70.1 cm³/mol. The molecule has 3 nitrogen and oxygen atoms in total. The lowest BCUT2D eigenvalue weighted by atomic mass is 9.93. The second-order valence-corrected chi connectivity index (χ2v) is 5.85. The average molecular weight is 233 g/mol. The van der Waals surface area contributed by atoms with E-state index in [2.05, 4.69) is 33.0 Å². The van der Waals surface area contributed by atoms with Crippen molar-refractivity contribution >= 4 is 0 Å². The summed E-state index contributed by atoms with van der Waals surface area (Å²) in [6.45, 7) is 10.7. The number of fused-ring (bicyclic) bond motifs is 1. The third-order valence-electron chi connectivity index (χ3n) is 3.18. The molecule has 1 aliphatic heterocycles. The van der Waals surface area contributed by atoms with E-state index in [0.29, 0.717) is 0 Å². The predicted octanol–water partition coefficient (Wildman–Crippen LogP) is 2.37. The summed E-state index contributed by atoms with van der Waals surface area (Å²) in [5.74, 6) is 0.989. The fourth-order valence-corrected chi connectivity index (χ4v) is 2.22. The molecule has 0 unspecified atom stereocenters. The summed E-state index contributed by atoms with van der Waals surface area (Å²) in [7, 11) is 0. The molecule has 0 aliphatic carbocycles. The fraction of sp³-hybridized carbons (Fsp3) is 0.714. The largest absolute Gasteiger partial charge is 0.311 e. The Morgan fingerprint density at radius 1 is 1.24 bits per heavy atom. The van der Waals surface area contributed by atoms with Crippen LogP contribution in [0, 0.1) is 0 Å². The van der Waals surface area contributed by atoms with Gasteiger partial charge in [0.05, 0.1) is 5.69 Å². The number of aromatic nitrogens is 2. The summed E-state index contributed by atoms with van der Waals surface area (Å²) in [6.07, 6.45) is 3.31. The molecule has 3 heteroatoms. The molecule has 0 amide bonds. The van der Waals surface area contributed by atoms with Gasteiger partial charge in [-0.15, -0.1) is 0 Å². The highest BCUT2D eigenvalue weighted by Gasteiger charge is 2.23. The van der Waals surface area contributed by atoms with Crippen molar-refractivity contribution in [2.75, 3.05) is 6.54 Å². The van der Waals surface area contributed by atoms with E-state index in [1.807, 2.05) is 0 Å². The molecule has 0 atom stereocenters. The van der Waals surface area contributed by atoms with E-state index in [0.717, 1.165) is 38.2 Å². The van der Waals surface area contributed by atoms with E-state index in [4.69, 9.17) is 9.97 Å². The minimum absolute atomic E-state index is 0.0367. The van der Waals surface area contributed by atoms with Crippen LogP contribution in [0.4, 0.5) is 0 Å². The van der Waals surface area contributed by atoms with Crippen LogP contribution >= 0.6 is 0 Å². The molecule has 0 bridgehead atoms.